The molecule has 2 rings (SSSR count). The van der Waals surface area contributed by atoms with Gasteiger partial charge < -0.3 is 18.9 Å². The average molecular weight is 382 g/mol. The predicted octanol–water partition coefficient (Wildman–Crippen LogP) is 1.96. The van der Waals surface area contributed by atoms with Crippen molar-refractivity contribution in [1.29, 1.82) is 21.0 Å². The molecule has 27 heavy (non-hydrogen) atoms. The Hall–Kier alpha value is -4.45. The highest BCUT2D eigenvalue weighted by Crippen LogP contribution is 2.38. The molecule has 0 aliphatic heterocycles. The lowest BCUT2D eigenvalue weighted by molar-refractivity contribution is 0.471. The van der Waals surface area contributed by atoms with Gasteiger partial charge in [-0.2, -0.15) is 0 Å². The van der Waals surface area contributed by atoms with Gasteiger partial charge in [-0.05, 0) is 24.3 Å². The van der Waals surface area contributed by atoms with E-state index in [0.29, 0.717) is 0 Å². The van der Waals surface area contributed by atoms with Crippen molar-refractivity contribution in [1.82, 2.24) is 0 Å². The van der Waals surface area contributed by atoms with Crippen LogP contribution in [0.2, 0.25) is 0 Å². The fourth-order valence-electron chi connectivity index (χ4n) is 2.01. The van der Waals surface area contributed by atoms with E-state index in [1.165, 1.54) is 37.2 Å². The largest absolute Gasteiger partial charge is 0.388 e. The maximum atomic E-state index is 13.1. The molecule has 0 radical (unpaired) electrons. The van der Waals surface area contributed by atoms with Crippen LogP contribution in [-0.4, -0.2) is 8.42 Å². The molecule has 2 aromatic carbocycles. The van der Waals surface area contributed by atoms with Crippen LogP contribution >= 0.6 is 0 Å². The lowest BCUT2D eigenvalue weighted by Crippen LogP contribution is -2.07. The van der Waals surface area contributed by atoms with Gasteiger partial charge in [0, 0.05) is 12.1 Å². The number of hydrogen-bond donors (Lipinski definition) is 0. The molecule has 0 atom stereocenters. The van der Waals surface area contributed by atoms with Crippen LogP contribution in [0.25, 0.3) is 0 Å². The number of sulfone groups is 1. The molecule has 2 aromatic rings. The summed E-state index contributed by atoms with van der Waals surface area (Å²) in [6, 6.07) is 6.58. The van der Waals surface area contributed by atoms with Gasteiger partial charge in [0.05, 0.1) is 0 Å². The van der Waals surface area contributed by atoms with E-state index >= 15 is 0 Å². The first-order chi connectivity index (χ1) is 13.0. The van der Waals surface area contributed by atoms with E-state index in [0.717, 1.165) is 24.3 Å². The summed E-state index contributed by atoms with van der Waals surface area (Å²) in [5.41, 5.74) is 0. The summed E-state index contributed by atoms with van der Waals surface area (Å²) in [6.45, 7) is 0. The van der Waals surface area contributed by atoms with E-state index in [1.54, 1.807) is 0 Å². The van der Waals surface area contributed by atoms with Crippen molar-refractivity contribution < 1.29 is 27.4 Å². The quantitative estimate of drug-likeness (QED) is 0.673. The summed E-state index contributed by atoms with van der Waals surface area (Å²) in [7, 11) is -4.46. The van der Waals surface area contributed by atoms with Crippen LogP contribution in [-0.2, 0) is 9.84 Å². The Morgan fingerprint density at radius 2 is 1.00 bits per heavy atom. The van der Waals surface area contributed by atoms with Crippen LogP contribution in [0, 0.1) is 46.1 Å². The van der Waals surface area contributed by atoms with Gasteiger partial charge in [-0.25, -0.2) is 8.42 Å². The summed E-state index contributed by atoms with van der Waals surface area (Å²) < 4.78 is 44.7. The Morgan fingerprint density at radius 1 is 0.630 bits per heavy atom. The van der Waals surface area contributed by atoms with Crippen LogP contribution in [0.3, 0.4) is 0 Å². The van der Waals surface area contributed by atoms with Gasteiger partial charge in [0.2, 0.25) is 9.84 Å². The normalized spacial score (nSPS) is 9.63. The molecule has 0 bridgehead atoms. The molecule has 11 heteroatoms. The minimum absolute atomic E-state index is 0.131. The first kappa shape index (κ1) is 18.9. The molecule has 0 saturated heterocycles. The molecule has 0 saturated carbocycles. The van der Waals surface area contributed by atoms with Gasteiger partial charge in [-0.1, -0.05) is 0 Å². The Labute approximate surface area is 153 Å². The lowest BCUT2D eigenvalue weighted by atomic mass is 10.3. The monoisotopic (exact) mass is 382 g/mol. The molecule has 0 amide bonds. The van der Waals surface area contributed by atoms with Gasteiger partial charge >= 0.3 is 0 Å². The second-order valence-corrected chi connectivity index (χ2v) is 6.38. The Bertz CT molecular complexity index is 1060. The molecule has 0 N–H and O–H groups in total. The number of hydrogen-bond acceptors (Lipinski definition) is 10. The van der Waals surface area contributed by atoms with Crippen LogP contribution in [0.1, 0.15) is 0 Å². The third-order valence-electron chi connectivity index (χ3n) is 3.05. The molecule has 0 aliphatic rings. The highest BCUT2D eigenvalue weighted by molar-refractivity contribution is 7.91. The van der Waals surface area contributed by atoms with Gasteiger partial charge in [0.15, 0.2) is 11.5 Å². The summed E-state index contributed by atoms with van der Waals surface area (Å²) >= 11 is 0. The zero-order chi connectivity index (χ0) is 19.9. The molecular formula is C16H6N4O6S. The van der Waals surface area contributed by atoms with Crippen molar-refractivity contribution in [3.8, 4) is 48.0 Å². The summed E-state index contributed by atoms with van der Waals surface area (Å²) in [5.74, 6) is -0.961. The van der Waals surface area contributed by atoms with E-state index in [2.05, 4.69) is 18.9 Å². The zero-order valence-electron chi connectivity index (χ0n) is 13.1. The van der Waals surface area contributed by atoms with Crippen LogP contribution in [0.4, 0.5) is 0 Å². The van der Waals surface area contributed by atoms with Crippen LogP contribution in [0.5, 0.6) is 23.0 Å². The standard InChI is InChI=1S/C16H6N4O6S/c17-7-23-11-1-3-13(25-9-19)15(5-11)27(21,22)16-6-12(24-8-18)2-4-14(16)26-10-20/h1-6H. The van der Waals surface area contributed by atoms with Crippen molar-refractivity contribution in [2.75, 3.05) is 0 Å². The number of rotatable bonds is 6. The zero-order valence-corrected chi connectivity index (χ0v) is 13.9. The third kappa shape index (κ3) is 3.97. The second-order valence-electron chi connectivity index (χ2n) is 4.49. The first-order valence-corrected chi connectivity index (χ1v) is 8.23. The Balaban J connectivity index is 2.75. The number of nitrogens with zero attached hydrogens (tertiary/aromatic N) is 4. The highest BCUT2D eigenvalue weighted by atomic mass is 32.2. The minimum Gasteiger partial charge on any atom is -0.388 e. The number of nitriles is 4. The molecular weight excluding hydrogens is 376 g/mol. The van der Waals surface area contributed by atoms with E-state index in [-0.39, 0.29) is 23.0 Å². The lowest BCUT2D eigenvalue weighted by Gasteiger charge is -2.12. The van der Waals surface area contributed by atoms with Crippen molar-refractivity contribution in [2.45, 2.75) is 9.79 Å². The predicted molar refractivity (Wildman–Crippen MR) is 83.3 cm³/mol. The average Bonchev–Trinajstić information content (AvgIpc) is 2.65. The van der Waals surface area contributed by atoms with E-state index in [4.69, 9.17) is 21.0 Å². The summed E-state index contributed by atoms with van der Waals surface area (Å²) in [4.78, 5) is -1.07. The molecule has 0 aromatic heterocycles. The van der Waals surface area contributed by atoms with Crippen LogP contribution in [0.15, 0.2) is 46.2 Å². The van der Waals surface area contributed by atoms with Crippen molar-refractivity contribution in [3.05, 3.63) is 36.4 Å². The topological polar surface area (TPSA) is 166 Å². The third-order valence-corrected chi connectivity index (χ3v) is 4.84. The Kier molecular flexibility index (Phi) is 5.65. The maximum Gasteiger partial charge on any atom is 0.292 e. The molecule has 132 valence electrons. The molecule has 10 nitrogen and oxygen atoms in total. The summed E-state index contributed by atoms with van der Waals surface area (Å²) in [6.07, 6.45) is 5.47. The second kappa shape index (κ2) is 8.09. The molecule has 0 fully saturated rings. The first-order valence-electron chi connectivity index (χ1n) is 6.75. The SMILES string of the molecule is N#COc1ccc(OC#N)c(S(=O)(=O)c2cc(OC#N)ccc2OC#N)c1. The minimum atomic E-state index is -4.46. The van der Waals surface area contributed by atoms with Crippen LogP contribution < -0.4 is 18.9 Å². The van der Waals surface area contributed by atoms with E-state index in [1.807, 2.05) is 0 Å². The van der Waals surface area contributed by atoms with E-state index < -0.39 is 19.6 Å². The molecule has 0 heterocycles. The number of ether oxygens (including phenoxy) is 4. The van der Waals surface area contributed by atoms with Gasteiger partial charge in [0.1, 0.15) is 21.3 Å². The summed E-state index contributed by atoms with van der Waals surface area (Å²) in [5, 5.41) is 34.7. The number of benzene rings is 2. The maximum absolute atomic E-state index is 13.1. The van der Waals surface area contributed by atoms with E-state index in [9.17, 15) is 8.42 Å². The van der Waals surface area contributed by atoms with Crippen molar-refractivity contribution in [2.24, 2.45) is 0 Å². The highest BCUT2D eigenvalue weighted by Gasteiger charge is 2.28. The molecule has 0 unspecified atom stereocenters. The van der Waals surface area contributed by atoms with Crippen molar-refractivity contribution in [3.63, 3.8) is 0 Å². The van der Waals surface area contributed by atoms with Crippen molar-refractivity contribution >= 4 is 9.84 Å². The smallest absolute Gasteiger partial charge is 0.292 e. The van der Waals surface area contributed by atoms with Gasteiger partial charge in [-0.15, -0.1) is 21.0 Å². The van der Waals surface area contributed by atoms with Gasteiger partial charge in [0.25, 0.3) is 25.0 Å². The van der Waals surface area contributed by atoms with Gasteiger partial charge in [-0.3, -0.25) is 0 Å². The molecule has 0 spiro atoms. The fourth-order valence-corrected chi connectivity index (χ4v) is 3.54. The fraction of sp³-hybridized carbons (Fsp3) is 0. The molecule has 0 aliphatic carbocycles. The Morgan fingerprint density at radius 3 is 1.33 bits per heavy atom.